The molecule has 2 unspecified atom stereocenters. The summed E-state index contributed by atoms with van der Waals surface area (Å²) in [5.41, 5.74) is 1.39. The van der Waals surface area contributed by atoms with Gasteiger partial charge in [0.05, 0.1) is 0 Å². The Balaban J connectivity index is 2.25. The number of carbonyl (C=O) groups excluding carboxylic acids is 1. The molecule has 2 atom stereocenters. The molecule has 4 heteroatoms. The fraction of sp³-hybridized carbons (Fsp3) is 0.647. The predicted molar refractivity (Wildman–Crippen MR) is 86.8 cm³/mol. The first-order valence-corrected chi connectivity index (χ1v) is 8.03. The van der Waals surface area contributed by atoms with E-state index in [4.69, 9.17) is 11.6 Å². The lowest BCUT2D eigenvalue weighted by Gasteiger charge is -2.35. The maximum atomic E-state index is 12.7. The summed E-state index contributed by atoms with van der Waals surface area (Å²) in [6, 6.07) is 3.57. The van der Waals surface area contributed by atoms with Crippen LogP contribution in [0.15, 0.2) is 12.1 Å². The predicted octanol–water partition coefficient (Wildman–Crippen LogP) is 4.15. The summed E-state index contributed by atoms with van der Waals surface area (Å²) >= 11 is 6.11. The molecule has 3 nitrogen and oxygen atoms in total. The van der Waals surface area contributed by atoms with Crippen LogP contribution in [0.4, 0.5) is 0 Å². The van der Waals surface area contributed by atoms with E-state index in [1.165, 1.54) is 0 Å². The van der Waals surface area contributed by atoms with Crippen molar-refractivity contribution in [3.8, 4) is 0 Å². The van der Waals surface area contributed by atoms with E-state index in [2.05, 4.69) is 39.6 Å². The normalized spacial score (nSPS) is 23.2. The van der Waals surface area contributed by atoms with Gasteiger partial charge in [-0.2, -0.15) is 0 Å². The number of likely N-dealkylation sites (tertiary alicyclic amines) is 1. The fourth-order valence-electron chi connectivity index (χ4n) is 2.63. The highest BCUT2D eigenvalue weighted by molar-refractivity contribution is 6.29. The third kappa shape index (κ3) is 3.76. The van der Waals surface area contributed by atoms with E-state index in [1.807, 2.05) is 11.0 Å². The summed E-state index contributed by atoms with van der Waals surface area (Å²) in [4.78, 5) is 19.0. The van der Waals surface area contributed by atoms with Crippen LogP contribution in [0, 0.1) is 11.8 Å². The Hall–Kier alpha value is -1.09. The van der Waals surface area contributed by atoms with Crippen LogP contribution in [0.1, 0.15) is 57.1 Å². The minimum Gasteiger partial charge on any atom is -0.338 e. The molecule has 1 saturated heterocycles. The second kappa shape index (κ2) is 5.96. The Morgan fingerprint density at radius 3 is 2.52 bits per heavy atom. The highest BCUT2D eigenvalue weighted by atomic mass is 35.5. The number of rotatable bonds is 1. The second-order valence-corrected chi connectivity index (χ2v) is 7.70. The molecule has 1 fully saturated rings. The van der Waals surface area contributed by atoms with E-state index in [-0.39, 0.29) is 11.3 Å². The van der Waals surface area contributed by atoms with Gasteiger partial charge in [0.15, 0.2) is 0 Å². The topological polar surface area (TPSA) is 33.2 Å². The first kappa shape index (κ1) is 16.3. The molecule has 1 amide bonds. The monoisotopic (exact) mass is 308 g/mol. The van der Waals surface area contributed by atoms with E-state index in [0.717, 1.165) is 25.2 Å². The molecule has 1 aliphatic heterocycles. The van der Waals surface area contributed by atoms with Crippen molar-refractivity contribution in [2.24, 2.45) is 11.8 Å². The van der Waals surface area contributed by atoms with Gasteiger partial charge in [-0.1, -0.05) is 46.2 Å². The molecular weight excluding hydrogens is 284 g/mol. The first-order valence-electron chi connectivity index (χ1n) is 7.66. The minimum atomic E-state index is -0.121. The van der Waals surface area contributed by atoms with Crippen molar-refractivity contribution in [1.29, 1.82) is 0 Å². The van der Waals surface area contributed by atoms with Crippen LogP contribution in [0.3, 0.4) is 0 Å². The summed E-state index contributed by atoms with van der Waals surface area (Å²) in [6.07, 6.45) is 1.07. The van der Waals surface area contributed by atoms with E-state index in [9.17, 15) is 4.79 Å². The molecule has 116 valence electrons. The Labute approximate surface area is 132 Å². The number of hydrogen-bond donors (Lipinski definition) is 0. The molecule has 2 rings (SSSR count). The number of pyridine rings is 1. The van der Waals surface area contributed by atoms with Gasteiger partial charge in [-0.3, -0.25) is 4.79 Å². The van der Waals surface area contributed by atoms with Crippen LogP contribution in [-0.4, -0.2) is 28.9 Å². The van der Waals surface area contributed by atoms with Crippen LogP contribution in [0.2, 0.25) is 5.15 Å². The molecule has 0 N–H and O–H groups in total. The molecule has 1 aliphatic rings. The average Bonchev–Trinajstić information content (AvgIpc) is 2.39. The van der Waals surface area contributed by atoms with E-state index in [1.54, 1.807) is 6.07 Å². The number of carbonyl (C=O) groups is 1. The molecular formula is C17H25ClN2O. The molecule has 0 aliphatic carbocycles. The lowest BCUT2D eigenvalue weighted by atomic mass is 9.88. The summed E-state index contributed by atoms with van der Waals surface area (Å²) in [7, 11) is 0. The Morgan fingerprint density at radius 2 is 1.95 bits per heavy atom. The Kier molecular flexibility index (Phi) is 4.62. The molecule has 2 heterocycles. The number of hydrogen-bond acceptors (Lipinski definition) is 2. The van der Waals surface area contributed by atoms with Crippen molar-refractivity contribution in [3.63, 3.8) is 0 Å². The first-order chi connectivity index (χ1) is 9.68. The number of amides is 1. The number of nitrogens with zero attached hydrogens (tertiary/aromatic N) is 2. The van der Waals surface area contributed by atoms with Gasteiger partial charge in [-0.25, -0.2) is 4.98 Å². The van der Waals surface area contributed by atoms with Crippen molar-refractivity contribution < 1.29 is 4.79 Å². The van der Waals surface area contributed by atoms with Gasteiger partial charge in [0.1, 0.15) is 5.15 Å². The number of piperidine rings is 1. The quantitative estimate of drug-likeness (QED) is 0.730. The highest BCUT2D eigenvalue weighted by Gasteiger charge is 2.27. The number of halogens is 1. The smallest absolute Gasteiger partial charge is 0.254 e. The van der Waals surface area contributed by atoms with E-state index >= 15 is 0 Å². The van der Waals surface area contributed by atoms with Gasteiger partial charge >= 0.3 is 0 Å². The van der Waals surface area contributed by atoms with Crippen LogP contribution >= 0.6 is 11.6 Å². The molecule has 0 saturated carbocycles. The molecule has 1 aromatic rings. The maximum absolute atomic E-state index is 12.7. The Morgan fingerprint density at radius 1 is 1.29 bits per heavy atom. The zero-order valence-corrected chi connectivity index (χ0v) is 14.4. The molecule has 0 radical (unpaired) electrons. The SMILES string of the molecule is CC1CCN(C(=O)c2cc(Cl)nc(C(C)(C)C)c2)CC1C. The van der Waals surface area contributed by atoms with Gasteiger partial charge in [-0.05, 0) is 30.4 Å². The van der Waals surface area contributed by atoms with Crippen LogP contribution in [-0.2, 0) is 5.41 Å². The molecule has 0 spiro atoms. The largest absolute Gasteiger partial charge is 0.338 e. The maximum Gasteiger partial charge on any atom is 0.254 e. The molecule has 0 aromatic carbocycles. The summed E-state index contributed by atoms with van der Waals surface area (Å²) in [5.74, 6) is 1.30. The van der Waals surface area contributed by atoms with Crippen molar-refractivity contribution >= 4 is 17.5 Å². The lowest BCUT2D eigenvalue weighted by molar-refractivity contribution is 0.0627. The Bertz CT molecular complexity index is 536. The van der Waals surface area contributed by atoms with E-state index in [0.29, 0.717) is 22.6 Å². The summed E-state index contributed by atoms with van der Waals surface area (Å²) < 4.78 is 0. The van der Waals surface area contributed by atoms with Gasteiger partial charge in [0.25, 0.3) is 5.91 Å². The zero-order chi connectivity index (χ0) is 15.8. The fourth-order valence-corrected chi connectivity index (χ4v) is 2.84. The van der Waals surface area contributed by atoms with Crippen molar-refractivity contribution in [1.82, 2.24) is 9.88 Å². The second-order valence-electron chi connectivity index (χ2n) is 7.31. The van der Waals surface area contributed by atoms with Gasteiger partial charge < -0.3 is 4.90 Å². The number of aromatic nitrogens is 1. The van der Waals surface area contributed by atoms with Gasteiger partial charge in [0.2, 0.25) is 0 Å². The van der Waals surface area contributed by atoms with Crippen LogP contribution < -0.4 is 0 Å². The summed E-state index contributed by atoms with van der Waals surface area (Å²) in [6.45, 7) is 12.3. The van der Waals surface area contributed by atoms with Gasteiger partial charge in [-0.15, -0.1) is 0 Å². The average molecular weight is 309 g/mol. The van der Waals surface area contributed by atoms with Crippen molar-refractivity contribution in [2.75, 3.05) is 13.1 Å². The standard InChI is InChI=1S/C17H25ClN2O/c1-11-6-7-20(10-12(11)2)16(21)13-8-14(17(3,4)5)19-15(18)9-13/h8-9,11-12H,6-7,10H2,1-5H3. The highest BCUT2D eigenvalue weighted by Crippen LogP contribution is 2.26. The van der Waals surface area contributed by atoms with Crippen LogP contribution in [0.25, 0.3) is 0 Å². The van der Waals surface area contributed by atoms with E-state index < -0.39 is 0 Å². The van der Waals surface area contributed by atoms with Crippen molar-refractivity contribution in [3.05, 3.63) is 28.5 Å². The third-order valence-corrected chi connectivity index (χ3v) is 4.62. The van der Waals surface area contributed by atoms with Crippen molar-refractivity contribution in [2.45, 2.75) is 46.5 Å². The lowest BCUT2D eigenvalue weighted by Crippen LogP contribution is -2.42. The summed E-state index contributed by atoms with van der Waals surface area (Å²) in [5, 5.41) is 0.393. The molecule has 21 heavy (non-hydrogen) atoms. The van der Waals surface area contributed by atoms with Crippen LogP contribution in [0.5, 0.6) is 0 Å². The minimum absolute atomic E-state index is 0.0727. The third-order valence-electron chi connectivity index (χ3n) is 4.43. The molecule has 1 aromatic heterocycles. The van der Waals surface area contributed by atoms with Gasteiger partial charge in [0, 0.05) is 29.8 Å². The molecule has 0 bridgehead atoms. The zero-order valence-electron chi connectivity index (χ0n) is 13.6.